The summed E-state index contributed by atoms with van der Waals surface area (Å²) < 4.78 is 0. The topological polar surface area (TPSA) is 87.1 Å². The fourth-order valence-corrected chi connectivity index (χ4v) is 2.19. The maximum atomic E-state index is 11.0. The van der Waals surface area contributed by atoms with E-state index in [1.165, 1.54) is 12.8 Å². The van der Waals surface area contributed by atoms with Crippen LogP contribution in [0.3, 0.4) is 0 Å². The van der Waals surface area contributed by atoms with E-state index in [0.717, 1.165) is 18.8 Å². The number of rotatable bonds is 8. The zero-order valence-electron chi connectivity index (χ0n) is 13.5. The van der Waals surface area contributed by atoms with Gasteiger partial charge in [0.15, 0.2) is 0 Å². The summed E-state index contributed by atoms with van der Waals surface area (Å²) in [6, 6.07) is 8.46. The zero-order valence-corrected chi connectivity index (χ0v) is 13.5. The molecule has 2 rings (SSSR count). The van der Waals surface area contributed by atoms with Gasteiger partial charge in [0.05, 0.1) is 5.56 Å². The molecule has 3 N–H and O–H groups in total. The standard InChI is InChI=1S/C17H22N4O2/c1-3-4-5-9-18-15-11-16(20-12(2)19-15)21-14-8-6-7-13(10-14)17(22)23/h6-8,10-11H,3-5,9H2,1-2H3,(H,22,23)(H2,18,19,20,21). The van der Waals surface area contributed by atoms with E-state index in [4.69, 9.17) is 5.11 Å². The maximum absolute atomic E-state index is 11.0. The predicted octanol–water partition coefficient (Wildman–Crippen LogP) is 3.83. The Morgan fingerprint density at radius 2 is 1.96 bits per heavy atom. The minimum absolute atomic E-state index is 0.235. The summed E-state index contributed by atoms with van der Waals surface area (Å²) in [6.45, 7) is 4.87. The molecule has 0 atom stereocenters. The average Bonchev–Trinajstić information content (AvgIpc) is 2.51. The lowest BCUT2D eigenvalue weighted by Gasteiger charge is -2.10. The second kappa shape index (κ2) is 8.12. The first-order chi connectivity index (χ1) is 11.1. The molecule has 0 radical (unpaired) electrons. The summed E-state index contributed by atoms with van der Waals surface area (Å²) in [5, 5.41) is 15.5. The highest BCUT2D eigenvalue weighted by molar-refractivity contribution is 5.89. The number of hydrogen-bond acceptors (Lipinski definition) is 5. The second-order valence-corrected chi connectivity index (χ2v) is 5.33. The van der Waals surface area contributed by atoms with Crippen molar-refractivity contribution in [2.75, 3.05) is 17.2 Å². The Morgan fingerprint density at radius 3 is 2.70 bits per heavy atom. The molecular weight excluding hydrogens is 292 g/mol. The lowest BCUT2D eigenvalue weighted by Crippen LogP contribution is -2.06. The van der Waals surface area contributed by atoms with Gasteiger partial charge in [-0.05, 0) is 31.5 Å². The molecule has 1 aromatic heterocycles. The minimum Gasteiger partial charge on any atom is -0.478 e. The number of nitrogens with one attached hydrogen (secondary N) is 2. The SMILES string of the molecule is CCCCCNc1cc(Nc2cccc(C(=O)O)c2)nc(C)n1. The van der Waals surface area contributed by atoms with Gasteiger partial charge in [0.25, 0.3) is 0 Å². The highest BCUT2D eigenvalue weighted by Gasteiger charge is 2.05. The first-order valence-corrected chi connectivity index (χ1v) is 7.78. The van der Waals surface area contributed by atoms with Crippen molar-refractivity contribution in [2.45, 2.75) is 33.1 Å². The van der Waals surface area contributed by atoms with E-state index in [2.05, 4.69) is 27.5 Å². The van der Waals surface area contributed by atoms with Crippen LogP contribution >= 0.6 is 0 Å². The van der Waals surface area contributed by atoms with Crippen molar-refractivity contribution in [2.24, 2.45) is 0 Å². The molecule has 0 spiro atoms. The summed E-state index contributed by atoms with van der Waals surface area (Å²) in [5.74, 6) is 1.11. The summed E-state index contributed by atoms with van der Waals surface area (Å²) >= 11 is 0. The molecule has 1 aromatic carbocycles. The van der Waals surface area contributed by atoms with Crippen molar-refractivity contribution in [3.63, 3.8) is 0 Å². The van der Waals surface area contributed by atoms with Crippen LogP contribution in [0.25, 0.3) is 0 Å². The zero-order chi connectivity index (χ0) is 16.7. The van der Waals surface area contributed by atoms with Crippen LogP contribution in [-0.2, 0) is 0 Å². The van der Waals surface area contributed by atoms with Crippen LogP contribution in [0.2, 0.25) is 0 Å². The number of aromatic nitrogens is 2. The molecule has 0 aliphatic rings. The Morgan fingerprint density at radius 1 is 1.17 bits per heavy atom. The normalized spacial score (nSPS) is 10.3. The average molecular weight is 314 g/mol. The molecule has 0 amide bonds. The van der Waals surface area contributed by atoms with E-state index in [0.29, 0.717) is 17.3 Å². The monoisotopic (exact) mass is 314 g/mol. The van der Waals surface area contributed by atoms with Gasteiger partial charge in [0.1, 0.15) is 17.5 Å². The van der Waals surface area contributed by atoms with Gasteiger partial charge in [-0.3, -0.25) is 0 Å². The summed E-state index contributed by atoms with van der Waals surface area (Å²) in [5.41, 5.74) is 0.915. The van der Waals surface area contributed by atoms with Crippen molar-refractivity contribution in [1.29, 1.82) is 0 Å². The molecule has 0 fully saturated rings. The molecule has 0 saturated heterocycles. The highest BCUT2D eigenvalue weighted by atomic mass is 16.4. The largest absolute Gasteiger partial charge is 0.478 e. The van der Waals surface area contributed by atoms with Crippen LogP contribution in [0.15, 0.2) is 30.3 Å². The molecule has 1 heterocycles. The van der Waals surface area contributed by atoms with Crippen molar-refractivity contribution >= 4 is 23.3 Å². The summed E-state index contributed by atoms with van der Waals surface area (Å²) in [7, 11) is 0. The molecule has 0 bridgehead atoms. The van der Waals surface area contributed by atoms with Crippen molar-refractivity contribution in [1.82, 2.24) is 9.97 Å². The fraction of sp³-hybridized carbons (Fsp3) is 0.353. The quantitative estimate of drug-likeness (QED) is 0.642. The summed E-state index contributed by atoms with van der Waals surface area (Å²) in [4.78, 5) is 19.7. The number of hydrogen-bond donors (Lipinski definition) is 3. The first-order valence-electron chi connectivity index (χ1n) is 7.78. The number of aryl methyl sites for hydroxylation is 1. The van der Waals surface area contributed by atoms with Gasteiger partial charge in [-0.2, -0.15) is 0 Å². The van der Waals surface area contributed by atoms with Crippen LogP contribution in [0.5, 0.6) is 0 Å². The second-order valence-electron chi connectivity index (χ2n) is 5.33. The smallest absolute Gasteiger partial charge is 0.335 e. The maximum Gasteiger partial charge on any atom is 0.335 e. The minimum atomic E-state index is -0.953. The van der Waals surface area contributed by atoms with Gasteiger partial charge in [-0.1, -0.05) is 25.8 Å². The Bertz CT molecular complexity index is 673. The molecule has 23 heavy (non-hydrogen) atoms. The molecular formula is C17H22N4O2. The number of carboxylic acid groups (broad SMARTS) is 1. The van der Waals surface area contributed by atoms with Crippen LogP contribution in [-0.4, -0.2) is 27.6 Å². The third-order valence-corrected chi connectivity index (χ3v) is 3.31. The molecule has 0 unspecified atom stereocenters. The lowest BCUT2D eigenvalue weighted by molar-refractivity contribution is 0.0697. The predicted molar refractivity (Wildman–Crippen MR) is 91.5 cm³/mol. The van der Waals surface area contributed by atoms with Crippen molar-refractivity contribution < 1.29 is 9.90 Å². The highest BCUT2D eigenvalue weighted by Crippen LogP contribution is 2.18. The number of benzene rings is 1. The van der Waals surface area contributed by atoms with Crippen LogP contribution in [0, 0.1) is 6.92 Å². The molecule has 0 saturated carbocycles. The van der Waals surface area contributed by atoms with E-state index in [1.54, 1.807) is 24.3 Å². The van der Waals surface area contributed by atoms with Gasteiger partial charge < -0.3 is 15.7 Å². The summed E-state index contributed by atoms with van der Waals surface area (Å²) in [6.07, 6.45) is 3.46. The number of carbonyl (C=O) groups is 1. The number of anilines is 3. The molecule has 0 aliphatic carbocycles. The third kappa shape index (κ3) is 5.25. The van der Waals surface area contributed by atoms with Gasteiger partial charge in [0.2, 0.25) is 0 Å². The van der Waals surface area contributed by atoms with Gasteiger partial charge in [-0.25, -0.2) is 14.8 Å². The van der Waals surface area contributed by atoms with Crippen molar-refractivity contribution in [3.8, 4) is 0 Å². The fourth-order valence-electron chi connectivity index (χ4n) is 2.19. The molecule has 122 valence electrons. The number of carboxylic acids is 1. The van der Waals surface area contributed by atoms with E-state index in [1.807, 2.05) is 13.0 Å². The van der Waals surface area contributed by atoms with E-state index in [9.17, 15) is 4.79 Å². The Balaban J connectivity index is 2.09. The Kier molecular flexibility index (Phi) is 5.91. The number of aromatic carboxylic acids is 1. The molecule has 6 nitrogen and oxygen atoms in total. The number of unbranched alkanes of at least 4 members (excludes halogenated alkanes) is 2. The Labute approximate surface area is 136 Å². The lowest BCUT2D eigenvalue weighted by atomic mass is 10.2. The van der Waals surface area contributed by atoms with E-state index in [-0.39, 0.29) is 5.56 Å². The van der Waals surface area contributed by atoms with Crippen LogP contribution in [0.1, 0.15) is 42.4 Å². The third-order valence-electron chi connectivity index (χ3n) is 3.31. The molecule has 2 aromatic rings. The van der Waals surface area contributed by atoms with E-state index < -0.39 is 5.97 Å². The van der Waals surface area contributed by atoms with Crippen molar-refractivity contribution in [3.05, 3.63) is 41.7 Å². The van der Waals surface area contributed by atoms with Gasteiger partial charge in [-0.15, -0.1) is 0 Å². The van der Waals surface area contributed by atoms with Crippen LogP contribution < -0.4 is 10.6 Å². The molecule has 6 heteroatoms. The Hall–Kier alpha value is -2.63. The number of nitrogens with zero attached hydrogens (tertiary/aromatic N) is 2. The van der Waals surface area contributed by atoms with Crippen LogP contribution in [0.4, 0.5) is 17.3 Å². The first kappa shape index (κ1) is 16.7. The van der Waals surface area contributed by atoms with E-state index >= 15 is 0 Å². The van der Waals surface area contributed by atoms with Gasteiger partial charge in [0, 0.05) is 18.3 Å². The molecule has 0 aliphatic heterocycles. The van der Waals surface area contributed by atoms with Gasteiger partial charge >= 0.3 is 5.97 Å².